The second-order valence-electron chi connectivity index (χ2n) is 2.38. The van der Waals surface area contributed by atoms with E-state index in [2.05, 4.69) is 31.9 Å². The molecule has 0 rings (SSSR count). The monoisotopic (exact) mass is 336 g/mol. The van der Waals surface area contributed by atoms with E-state index in [4.69, 9.17) is 9.05 Å². The average Bonchev–Trinajstić information content (AvgIpc) is 2.04. The normalized spacial score (nSPS) is 14.5. The molecular formula is C7H15Br2O3P. The van der Waals surface area contributed by atoms with E-state index in [1.807, 2.05) is 13.8 Å². The van der Waals surface area contributed by atoms with Gasteiger partial charge in [-0.05, 0) is 13.8 Å². The maximum absolute atomic E-state index is 11.9. The standard InChI is InChI=1S/C7H15Br2O3P/c1-3-11-13(10,12-4-2)6-7(9)5-8/h7H,3-6H2,1-2H3. The number of hydrogen-bond donors (Lipinski definition) is 0. The molecule has 0 radical (unpaired) electrons. The van der Waals surface area contributed by atoms with Crippen molar-refractivity contribution in [3.63, 3.8) is 0 Å². The minimum absolute atomic E-state index is 0.122. The maximum Gasteiger partial charge on any atom is 0.331 e. The summed E-state index contributed by atoms with van der Waals surface area (Å²) < 4.78 is 22.1. The van der Waals surface area contributed by atoms with E-state index in [0.29, 0.717) is 19.4 Å². The molecule has 1 unspecified atom stereocenters. The van der Waals surface area contributed by atoms with Crippen molar-refractivity contribution in [2.75, 3.05) is 24.7 Å². The fourth-order valence-electron chi connectivity index (χ4n) is 0.827. The fourth-order valence-corrected chi connectivity index (χ4v) is 4.16. The van der Waals surface area contributed by atoms with Crippen molar-refractivity contribution in [1.82, 2.24) is 0 Å². The van der Waals surface area contributed by atoms with Crippen molar-refractivity contribution in [2.24, 2.45) is 0 Å². The minimum atomic E-state index is -2.87. The summed E-state index contributed by atoms with van der Waals surface area (Å²) in [6.45, 7) is 4.45. The lowest BCUT2D eigenvalue weighted by Crippen LogP contribution is -2.10. The van der Waals surface area contributed by atoms with Gasteiger partial charge < -0.3 is 9.05 Å². The van der Waals surface area contributed by atoms with Crippen molar-refractivity contribution in [2.45, 2.75) is 18.7 Å². The SMILES string of the molecule is CCOP(=O)(CC(Br)CBr)OCC. The third kappa shape index (κ3) is 6.24. The second kappa shape index (κ2) is 7.41. The van der Waals surface area contributed by atoms with Crippen LogP contribution in [0.25, 0.3) is 0 Å². The van der Waals surface area contributed by atoms with Crippen molar-refractivity contribution >= 4 is 39.5 Å². The van der Waals surface area contributed by atoms with Gasteiger partial charge in [0.2, 0.25) is 0 Å². The van der Waals surface area contributed by atoms with E-state index in [9.17, 15) is 4.57 Å². The molecular weight excluding hydrogens is 323 g/mol. The van der Waals surface area contributed by atoms with E-state index >= 15 is 0 Å². The summed E-state index contributed by atoms with van der Waals surface area (Å²) in [6, 6.07) is 0. The van der Waals surface area contributed by atoms with Crippen molar-refractivity contribution in [3.8, 4) is 0 Å². The third-order valence-corrected chi connectivity index (χ3v) is 6.23. The molecule has 80 valence electrons. The van der Waals surface area contributed by atoms with Gasteiger partial charge in [-0.15, -0.1) is 0 Å². The molecule has 0 saturated heterocycles. The first kappa shape index (κ1) is 14.1. The molecule has 0 aromatic heterocycles. The van der Waals surface area contributed by atoms with Crippen LogP contribution >= 0.6 is 39.5 Å². The van der Waals surface area contributed by atoms with Crippen LogP contribution in [0.15, 0.2) is 0 Å². The molecule has 0 spiro atoms. The lowest BCUT2D eigenvalue weighted by Gasteiger charge is -2.18. The van der Waals surface area contributed by atoms with Gasteiger partial charge in [-0.25, -0.2) is 0 Å². The predicted molar refractivity (Wildman–Crippen MR) is 62.2 cm³/mol. The molecule has 0 aromatic carbocycles. The molecule has 0 aliphatic heterocycles. The Morgan fingerprint density at radius 3 is 2.08 bits per heavy atom. The van der Waals surface area contributed by atoms with E-state index < -0.39 is 7.60 Å². The molecule has 0 amide bonds. The van der Waals surface area contributed by atoms with Gasteiger partial charge >= 0.3 is 7.60 Å². The third-order valence-electron chi connectivity index (χ3n) is 1.24. The highest BCUT2D eigenvalue weighted by Crippen LogP contribution is 2.49. The molecule has 0 fully saturated rings. The summed E-state index contributed by atoms with van der Waals surface area (Å²) in [7, 11) is -2.87. The first-order valence-electron chi connectivity index (χ1n) is 4.16. The number of hydrogen-bond acceptors (Lipinski definition) is 3. The van der Waals surface area contributed by atoms with Crippen LogP contribution in [0.4, 0.5) is 0 Å². The Kier molecular flexibility index (Phi) is 8.04. The summed E-state index contributed by atoms with van der Waals surface area (Å²) >= 11 is 6.66. The van der Waals surface area contributed by atoms with Crippen LogP contribution < -0.4 is 0 Å². The first-order valence-corrected chi connectivity index (χ1v) is 7.92. The minimum Gasteiger partial charge on any atom is -0.309 e. The van der Waals surface area contributed by atoms with Crippen molar-refractivity contribution in [1.29, 1.82) is 0 Å². The zero-order valence-corrected chi connectivity index (χ0v) is 11.9. The van der Waals surface area contributed by atoms with Gasteiger partial charge in [-0.2, -0.15) is 0 Å². The molecule has 0 bridgehead atoms. The Morgan fingerprint density at radius 2 is 1.77 bits per heavy atom. The van der Waals surface area contributed by atoms with Gasteiger partial charge in [0.1, 0.15) is 0 Å². The van der Waals surface area contributed by atoms with Gasteiger partial charge in [0.15, 0.2) is 0 Å². The van der Waals surface area contributed by atoms with Crippen molar-refractivity contribution in [3.05, 3.63) is 0 Å². The Hall–Kier alpha value is 1.11. The molecule has 0 N–H and O–H groups in total. The average molecular weight is 338 g/mol. The Morgan fingerprint density at radius 1 is 1.31 bits per heavy atom. The lowest BCUT2D eigenvalue weighted by molar-refractivity contribution is 0.220. The molecule has 0 aromatic rings. The highest BCUT2D eigenvalue weighted by molar-refractivity contribution is 9.12. The van der Waals surface area contributed by atoms with Gasteiger partial charge in [0.05, 0.1) is 19.4 Å². The number of halogens is 2. The molecule has 6 heteroatoms. The molecule has 3 nitrogen and oxygen atoms in total. The van der Waals surface area contributed by atoms with Crippen LogP contribution in [-0.4, -0.2) is 29.5 Å². The van der Waals surface area contributed by atoms with Crippen LogP contribution in [0.2, 0.25) is 0 Å². The van der Waals surface area contributed by atoms with Crippen molar-refractivity contribution < 1.29 is 13.6 Å². The van der Waals surface area contributed by atoms with E-state index in [1.165, 1.54) is 0 Å². The smallest absolute Gasteiger partial charge is 0.309 e. The summed E-state index contributed by atoms with van der Waals surface area (Å²) in [5, 5.41) is 0.733. The van der Waals surface area contributed by atoms with E-state index in [1.54, 1.807) is 0 Å². The molecule has 13 heavy (non-hydrogen) atoms. The van der Waals surface area contributed by atoms with Crippen LogP contribution in [0.3, 0.4) is 0 Å². The van der Waals surface area contributed by atoms with Crippen LogP contribution in [0.1, 0.15) is 13.8 Å². The van der Waals surface area contributed by atoms with Gasteiger partial charge in [-0.1, -0.05) is 31.9 Å². The van der Waals surface area contributed by atoms with Gasteiger partial charge in [0, 0.05) is 10.2 Å². The van der Waals surface area contributed by atoms with E-state index in [-0.39, 0.29) is 4.83 Å². The largest absolute Gasteiger partial charge is 0.331 e. The van der Waals surface area contributed by atoms with Crippen LogP contribution in [0.5, 0.6) is 0 Å². The second-order valence-corrected chi connectivity index (χ2v) is 6.43. The Labute approximate surface area is 96.4 Å². The summed E-state index contributed by atoms with van der Waals surface area (Å²) in [6.07, 6.45) is 0.403. The molecule has 0 aliphatic rings. The molecule has 0 saturated carbocycles. The highest BCUT2D eigenvalue weighted by atomic mass is 79.9. The molecule has 0 heterocycles. The summed E-state index contributed by atoms with van der Waals surface area (Å²) in [4.78, 5) is 0.122. The summed E-state index contributed by atoms with van der Waals surface area (Å²) in [5.41, 5.74) is 0. The van der Waals surface area contributed by atoms with E-state index in [0.717, 1.165) is 5.33 Å². The maximum atomic E-state index is 11.9. The lowest BCUT2D eigenvalue weighted by atomic mass is 10.6. The summed E-state index contributed by atoms with van der Waals surface area (Å²) in [5.74, 6) is 0. The highest BCUT2D eigenvalue weighted by Gasteiger charge is 2.26. The first-order chi connectivity index (χ1) is 6.08. The van der Waals surface area contributed by atoms with Gasteiger partial charge in [-0.3, -0.25) is 4.57 Å². The Balaban J connectivity index is 4.14. The number of rotatable bonds is 7. The van der Waals surface area contributed by atoms with Crippen LogP contribution in [-0.2, 0) is 13.6 Å². The number of alkyl halides is 2. The molecule has 1 atom stereocenters. The zero-order chi connectivity index (χ0) is 10.3. The Bertz CT molecular complexity index is 167. The predicted octanol–water partition coefficient (Wildman–Crippen LogP) is 3.41. The van der Waals surface area contributed by atoms with Crippen LogP contribution in [0, 0.1) is 0 Å². The van der Waals surface area contributed by atoms with Gasteiger partial charge in [0.25, 0.3) is 0 Å². The molecule has 0 aliphatic carbocycles. The fraction of sp³-hybridized carbons (Fsp3) is 1.00. The zero-order valence-electron chi connectivity index (χ0n) is 7.83. The topological polar surface area (TPSA) is 35.5 Å². The quantitative estimate of drug-likeness (QED) is 0.527.